The molecule has 0 saturated carbocycles. The molecule has 0 fully saturated rings. The molecule has 0 radical (unpaired) electrons. The molecule has 0 spiro atoms. The van der Waals surface area contributed by atoms with Crippen molar-refractivity contribution in [2.24, 2.45) is 0 Å². The number of hydrogen-bond acceptors (Lipinski definition) is 2. The maximum atomic E-state index is 6.45. The van der Waals surface area contributed by atoms with Gasteiger partial charge in [0.15, 0.2) is 0 Å². The highest BCUT2D eigenvalue weighted by atomic mass is 16.3. The maximum Gasteiger partial charge on any atom is 0.143 e. The van der Waals surface area contributed by atoms with Crippen LogP contribution in [-0.2, 0) is 0 Å². The number of hydrogen-bond donors (Lipinski definition) is 0. The number of anilines is 3. The Morgan fingerprint density at radius 2 is 0.800 bits per heavy atom. The molecule has 0 unspecified atom stereocenters. The van der Waals surface area contributed by atoms with E-state index in [1.54, 1.807) is 0 Å². The molecule has 0 saturated heterocycles. The minimum Gasteiger partial charge on any atom is -0.455 e. The molecule has 0 bridgehead atoms. The lowest BCUT2D eigenvalue weighted by molar-refractivity contribution is 0.670. The first-order valence-corrected chi connectivity index (χ1v) is 20.5. The van der Waals surface area contributed by atoms with Crippen molar-refractivity contribution in [1.29, 1.82) is 0 Å². The number of fused-ring (bicyclic) bond motifs is 4. The van der Waals surface area contributed by atoms with E-state index in [4.69, 9.17) is 4.42 Å². The first kappa shape index (κ1) is 35.2. The van der Waals surface area contributed by atoms with Gasteiger partial charge in [0, 0.05) is 33.3 Å². The predicted octanol–water partition coefficient (Wildman–Crippen LogP) is 16.5. The highest BCUT2D eigenvalue weighted by molar-refractivity contribution is 6.09. The molecule has 2 nitrogen and oxygen atoms in total. The van der Waals surface area contributed by atoms with Gasteiger partial charge in [0.05, 0.1) is 5.69 Å². The van der Waals surface area contributed by atoms with Crippen molar-refractivity contribution in [2.75, 3.05) is 4.90 Å². The summed E-state index contributed by atoms with van der Waals surface area (Å²) in [7, 11) is 0. The maximum absolute atomic E-state index is 6.45. The largest absolute Gasteiger partial charge is 0.455 e. The highest BCUT2D eigenvalue weighted by Crippen LogP contribution is 2.45. The molecule has 0 amide bonds. The van der Waals surface area contributed by atoms with Crippen molar-refractivity contribution in [1.82, 2.24) is 0 Å². The summed E-state index contributed by atoms with van der Waals surface area (Å²) in [5.41, 5.74) is 16.7. The van der Waals surface area contributed by atoms with Gasteiger partial charge in [-0.2, -0.15) is 0 Å². The molecule has 0 N–H and O–H groups in total. The van der Waals surface area contributed by atoms with Gasteiger partial charge in [-0.15, -0.1) is 0 Å². The van der Waals surface area contributed by atoms with Gasteiger partial charge in [0.2, 0.25) is 0 Å². The average molecular weight is 766 g/mol. The number of rotatable bonds is 8. The molecule has 282 valence electrons. The average Bonchev–Trinajstić information content (AvgIpc) is 3.72. The van der Waals surface area contributed by atoms with Crippen LogP contribution in [0.5, 0.6) is 0 Å². The van der Waals surface area contributed by atoms with Crippen LogP contribution in [0.25, 0.3) is 88.3 Å². The molecule has 0 aliphatic carbocycles. The van der Waals surface area contributed by atoms with Gasteiger partial charge in [-0.25, -0.2) is 0 Å². The molecular formula is C58H39NO. The summed E-state index contributed by atoms with van der Waals surface area (Å²) in [6.45, 7) is 0. The Balaban J connectivity index is 1.02. The highest BCUT2D eigenvalue weighted by Gasteiger charge is 2.20. The lowest BCUT2D eigenvalue weighted by Crippen LogP contribution is -2.11. The first-order valence-electron chi connectivity index (χ1n) is 20.5. The fourth-order valence-electron chi connectivity index (χ4n) is 8.73. The third kappa shape index (κ3) is 6.41. The Kier molecular flexibility index (Phi) is 8.87. The molecule has 0 aliphatic rings. The minimum absolute atomic E-state index is 0.902. The molecule has 60 heavy (non-hydrogen) atoms. The molecule has 0 aliphatic heterocycles. The van der Waals surface area contributed by atoms with Crippen molar-refractivity contribution in [3.05, 3.63) is 237 Å². The van der Waals surface area contributed by atoms with Crippen LogP contribution in [0, 0.1) is 0 Å². The zero-order chi connectivity index (χ0) is 39.8. The number of furan rings is 1. The topological polar surface area (TPSA) is 16.4 Å². The number of para-hydroxylation sites is 3. The second-order valence-corrected chi connectivity index (χ2v) is 15.3. The van der Waals surface area contributed by atoms with Crippen molar-refractivity contribution in [2.45, 2.75) is 0 Å². The van der Waals surface area contributed by atoms with Crippen LogP contribution in [0.15, 0.2) is 241 Å². The van der Waals surface area contributed by atoms with E-state index >= 15 is 0 Å². The molecular weight excluding hydrogens is 727 g/mol. The Morgan fingerprint density at radius 3 is 1.60 bits per heavy atom. The van der Waals surface area contributed by atoms with Crippen molar-refractivity contribution in [3.63, 3.8) is 0 Å². The van der Waals surface area contributed by atoms with Gasteiger partial charge in [0.25, 0.3) is 0 Å². The van der Waals surface area contributed by atoms with Gasteiger partial charge >= 0.3 is 0 Å². The third-order valence-corrected chi connectivity index (χ3v) is 11.7. The second kappa shape index (κ2) is 15.1. The normalized spacial score (nSPS) is 11.3. The van der Waals surface area contributed by atoms with Crippen LogP contribution in [0.3, 0.4) is 0 Å². The molecule has 0 atom stereocenters. The number of nitrogens with zero attached hydrogens (tertiary/aromatic N) is 1. The minimum atomic E-state index is 0.902. The van der Waals surface area contributed by atoms with Crippen LogP contribution >= 0.6 is 0 Å². The summed E-state index contributed by atoms with van der Waals surface area (Å²) >= 11 is 0. The predicted molar refractivity (Wildman–Crippen MR) is 253 cm³/mol. The van der Waals surface area contributed by atoms with Crippen LogP contribution in [0.4, 0.5) is 17.1 Å². The first-order chi connectivity index (χ1) is 29.7. The van der Waals surface area contributed by atoms with E-state index in [0.717, 1.165) is 55.7 Å². The van der Waals surface area contributed by atoms with Gasteiger partial charge in [-0.05, 0) is 104 Å². The molecule has 2 heteroatoms. The van der Waals surface area contributed by atoms with Crippen molar-refractivity contribution in [3.8, 4) is 55.6 Å². The van der Waals surface area contributed by atoms with Crippen LogP contribution in [0.2, 0.25) is 0 Å². The Labute approximate surface area is 349 Å². The Hall–Kier alpha value is -7.94. The molecule has 1 heterocycles. The number of benzene rings is 10. The van der Waals surface area contributed by atoms with Crippen molar-refractivity contribution >= 4 is 49.8 Å². The quantitative estimate of drug-likeness (QED) is 0.153. The van der Waals surface area contributed by atoms with Gasteiger partial charge < -0.3 is 9.32 Å². The second-order valence-electron chi connectivity index (χ2n) is 15.3. The summed E-state index contributed by atoms with van der Waals surface area (Å²) in [6, 6.07) is 84.9. The smallest absolute Gasteiger partial charge is 0.143 e. The van der Waals surface area contributed by atoms with E-state index in [9.17, 15) is 0 Å². The third-order valence-electron chi connectivity index (χ3n) is 11.7. The van der Waals surface area contributed by atoms with Crippen LogP contribution in [-0.4, -0.2) is 0 Å². The molecule has 1 aromatic heterocycles. The summed E-state index contributed by atoms with van der Waals surface area (Å²) in [6.07, 6.45) is 0. The zero-order valence-electron chi connectivity index (χ0n) is 32.9. The van der Waals surface area contributed by atoms with E-state index in [1.165, 1.54) is 49.7 Å². The zero-order valence-corrected chi connectivity index (χ0v) is 32.9. The van der Waals surface area contributed by atoms with Crippen LogP contribution < -0.4 is 4.90 Å². The lowest BCUT2D eigenvalue weighted by atomic mass is 9.93. The Bertz CT molecular complexity index is 3310. The lowest BCUT2D eigenvalue weighted by Gasteiger charge is -2.29. The summed E-state index contributed by atoms with van der Waals surface area (Å²) < 4.78 is 6.45. The van der Waals surface area contributed by atoms with Crippen molar-refractivity contribution < 1.29 is 4.42 Å². The monoisotopic (exact) mass is 765 g/mol. The Morgan fingerprint density at radius 1 is 0.283 bits per heavy atom. The summed E-state index contributed by atoms with van der Waals surface area (Å²) in [4.78, 5) is 2.39. The molecule has 11 rings (SSSR count). The fourth-order valence-corrected chi connectivity index (χ4v) is 8.73. The van der Waals surface area contributed by atoms with E-state index in [-0.39, 0.29) is 0 Å². The molecule has 10 aromatic carbocycles. The SMILES string of the molecule is c1ccc(-c2ccccc2-c2ccccc2N(c2ccc(-c3cccc(-c4ccc5ccccc5c4)c3)cc2)c2ccc(-c3cccc4c3oc3ccccc34)cc2)cc1. The fraction of sp³-hybridized carbons (Fsp3) is 0. The summed E-state index contributed by atoms with van der Waals surface area (Å²) in [5, 5.41) is 4.76. The van der Waals surface area contributed by atoms with Gasteiger partial charge in [-0.1, -0.05) is 188 Å². The van der Waals surface area contributed by atoms with Crippen LogP contribution in [0.1, 0.15) is 0 Å². The van der Waals surface area contributed by atoms with E-state index < -0.39 is 0 Å². The van der Waals surface area contributed by atoms with Gasteiger partial charge in [0.1, 0.15) is 11.2 Å². The molecule has 11 aromatic rings. The van der Waals surface area contributed by atoms with E-state index in [1.807, 2.05) is 12.1 Å². The van der Waals surface area contributed by atoms with E-state index in [2.05, 4.69) is 229 Å². The standard InChI is InChI=1S/C58H39NO/c1-2-15-42(16-3-1)50-20-6-7-21-52(50)53-22-8-10-26-56(53)59(49-36-32-43(33-37-49)51-24-13-25-55-54-23-9-11-27-57(54)60-58(51)55)48-34-30-41(31-35-48)45-18-12-19-46(38-45)47-29-28-40-14-4-5-17-44(40)39-47/h1-39H. The summed E-state index contributed by atoms with van der Waals surface area (Å²) in [5.74, 6) is 0. The van der Waals surface area contributed by atoms with Gasteiger partial charge in [-0.3, -0.25) is 0 Å². The van der Waals surface area contributed by atoms with E-state index in [0.29, 0.717) is 0 Å².